The quantitative estimate of drug-likeness (QED) is 0.693. The number of likely N-dealkylation sites (tertiary alicyclic amines) is 2. The van der Waals surface area contributed by atoms with E-state index in [9.17, 15) is 9.59 Å². The summed E-state index contributed by atoms with van der Waals surface area (Å²) < 4.78 is 1.24. The second-order valence-corrected chi connectivity index (χ2v) is 9.09. The smallest absolute Gasteiger partial charge is 0.225 e. The number of carbonyl (C=O) groups excluding carboxylic acids is 2. The van der Waals surface area contributed by atoms with E-state index in [4.69, 9.17) is 0 Å². The second-order valence-electron chi connectivity index (χ2n) is 7.97. The summed E-state index contributed by atoms with van der Waals surface area (Å²) in [7, 11) is 0. The molecule has 1 aromatic heterocycles. The van der Waals surface area contributed by atoms with Crippen molar-refractivity contribution in [2.45, 2.75) is 51.4 Å². The Labute approximate surface area is 170 Å². The Morgan fingerprint density at radius 1 is 1.00 bits per heavy atom. The zero-order valence-corrected chi connectivity index (χ0v) is 17.3. The molecule has 0 bridgehead atoms. The van der Waals surface area contributed by atoms with Crippen molar-refractivity contribution in [2.24, 2.45) is 5.92 Å². The summed E-state index contributed by atoms with van der Waals surface area (Å²) in [6.07, 6.45) is 7.38. The highest BCUT2D eigenvalue weighted by Crippen LogP contribution is 2.24. The number of rotatable bonds is 6. The third-order valence-corrected chi connectivity index (χ3v) is 7.08. The second kappa shape index (κ2) is 9.03. The zero-order chi connectivity index (χ0) is 19.3. The lowest BCUT2D eigenvalue weighted by Crippen LogP contribution is -2.43. The van der Waals surface area contributed by atoms with E-state index in [1.54, 1.807) is 11.3 Å². The highest BCUT2D eigenvalue weighted by Gasteiger charge is 2.30. The van der Waals surface area contributed by atoms with Gasteiger partial charge in [-0.2, -0.15) is 0 Å². The average molecular weight is 400 g/mol. The first-order valence-corrected chi connectivity index (χ1v) is 11.4. The van der Waals surface area contributed by atoms with Crippen LogP contribution in [0.4, 0.5) is 0 Å². The fourth-order valence-electron chi connectivity index (χ4n) is 4.31. The maximum Gasteiger partial charge on any atom is 0.225 e. The van der Waals surface area contributed by atoms with E-state index in [0.717, 1.165) is 81.6 Å². The van der Waals surface area contributed by atoms with Gasteiger partial charge in [0.15, 0.2) is 0 Å². The average Bonchev–Trinajstić information content (AvgIpc) is 3.40. The molecule has 2 aromatic rings. The molecular formula is C22H29N3O2S. The number of hydrogen-bond donors (Lipinski definition) is 0. The number of nitrogens with zero attached hydrogens (tertiary/aromatic N) is 3. The van der Waals surface area contributed by atoms with Gasteiger partial charge in [-0.25, -0.2) is 4.98 Å². The van der Waals surface area contributed by atoms with Crippen LogP contribution >= 0.6 is 11.3 Å². The van der Waals surface area contributed by atoms with Crippen LogP contribution in [-0.4, -0.2) is 52.8 Å². The number of fused-ring (bicyclic) bond motifs is 1. The van der Waals surface area contributed by atoms with Crippen molar-refractivity contribution >= 4 is 33.4 Å². The molecule has 4 rings (SSSR count). The molecule has 0 atom stereocenters. The number of unbranched alkanes of at least 4 members (excludes halogenated alkanes) is 1. The first kappa shape index (κ1) is 19.4. The minimum atomic E-state index is 0.126. The maximum atomic E-state index is 12.5. The highest BCUT2D eigenvalue weighted by molar-refractivity contribution is 7.18. The van der Waals surface area contributed by atoms with Gasteiger partial charge in [-0.3, -0.25) is 9.59 Å². The summed E-state index contributed by atoms with van der Waals surface area (Å²) in [5.74, 6) is 0.693. The van der Waals surface area contributed by atoms with E-state index in [0.29, 0.717) is 12.3 Å². The van der Waals surface area contributed by atoms with Crippen LogP contribution in [0.2, 0.25) is 0 Å². The number of thiazole rings is 1. The molecule has 0 spiro atoms. The number of amides is 2. The summed E-state index contributed by atoms with van der Waals surface area (Å²) in [5, 5.41) is 1.16. The normalized spacial score (nSPS) is 18.1. The van der Waals surface area contributed by atoms with Crippen molar-refractivity contribution in [3.8, 4) is 0 Å². The van der Waals surface area contributed by atoms with Crippen molar-refractivity contribution in [2.75, 3.05) is 26.2 Å². The Kier molecular flexibility index (Phi) is 6.25. The number of carbonyl (C=O) groups is 2. The first-order chi connectivity index (χ1) is 13.7. The molecule has 0 unspecified atom stereocenters. The Morgan fingerprint density at radius 3 is 2.50 bits per heavy atom. The minimum Gasteiger partial charge on any atom is -0.343 e. The third kappa shape index (κ3) is 4.54. The lowest BCUT2D eigenvalue weighted by atomic mass is 9.95. The fraction of sp³-hybridized carbons (Fsp3) is 0.591. The summed E-state index contributed by atoms with van der Waals surface area (Å²) in [5.41, 5.74) is 1.07. The van der Waals surface area contributed by atoms with Crippen LogP contribution in [0.3, 0.4) is 0 Å². The van der Waals surface area contributed by atoms with E-state index < -0.39 is 0 Å². The molecule has 0 saturated carbocycles. The molecule has 2 aliphatic rings. The van der Waals surface area contributed by atoms with Crippen molar-refractivity contribution in [1.82, 2.24) is 14.8 Å². The van der Waals surface area contributed by atoms with Crippen LogP contribution in [0.25, 0.3) is 10.2 Å². The fourth-order valence-corrected chi connectivity index (χ4v) is 5.32. The SMILES string of the molecule is O=C(CCCCc1nc2ccccc2s1)N1CCC(C(=O)N2CCCC2)CC1. The van der Waals surface area contributed by atoms with E-state index >= 15 is 0 Å². The van der Waals surface area contributed by atoms with Crippen LogP contribution in [0.15, 0.2) is 24.3 Å². The molecule has 2 saturated heterocycles. The molecular weight excluding hydrogens is 370 g/mol. The summed E-state index contributed by atoms with van der Waals surface area (Å²) in [4.78, 5) is 33.7. The van der Waals surface area contributed by atoms with Crippen molar-refractivity contribution in [3.05, 3.63) is 29.3 Å². The lowest BCUT2D eigenvalue weighted by molar-refractivity contribution is -0.140. The van der Waals surface area contributed by atoms with Crippen molar-refractivity contribution in [1.29, 1.82) is 0 Å². The van der Waals surface area contributed by atoms with Gasteiger partial charge in [0.05, 0.1) is 15.2 Å². The van der Waals surface area contributed by atoms with Gasteiger partial charge in [-0.05, 0) is 57.1 Å². The summed E-state index contributed by atoms with van der Waals surface area (Å²) in [6, 6.07) is 8.23. The van der Waals surface area contributed by atoms with E-state index in [-0.39, 0.29) is 11.8 Å². The molecule has 0 aliphatic carbocycles. The number of aromatic nitrogens is 1. The molecule has 0 N–H and O–H groups in total. The molecule has 150 valence electrons. The largest absolute Gasteiger partial charge is 0.343 e. The molecule has 2 aliphatic heterocycles. The molecule has 5 nitrogen and oxygen atoms in total. The van der Waals surface area contributed by atoms with Crippen molar-refractivity contribution < 1.29 is 9.59 Å². The molecule has 2 fully saturated rings. The third-order valence-electron chi connectivity index (χ3n) is 5.98. The Morgan fingerprint density at radius 2 is 1.75 bits per heavy atom. The van der Waals surface area contributed by atoms with Gasteiger partial charge in [0.1, 0.15) is 0 Å². The topological polar surface area (TPSA) is 53.5 Å². The lowest BCUT2D eigenvalue weighted by Gasteiger charge is -2.33. The summed E-state index contributed by atoms with van der Waals surface area (Å²) in [6.45, 7) is 3.32. The summed E-state index contributed by atoms with van der Waals surface area (Å²) >= 11 is 1.76. The van der Waals surface area contributed by atoms with E-state index in [1.165, 1.54) is 4.70 Å². The minimum absolute atomic E-state index is 0.126. The molecule has 28 heavy (non-hydrogen) atoms. The molecule has 6 heteroatoms. The van der Waals surface area contributed by atoms with Gasteiger partial charge in [0.25, 0.3) is 0 Å². The van der Waals surface area contributed by atoms with Crippen LogP contribution < -0.4 is 0 Å². The number of hydrogen-bond acceptors (Lipinski definition) is 4. The number of piperidine rings is 1. The monoisotopic (exact) mass is 399 g/mol. The highest BCUT2D eigenvalue weighted by atomic mass is 32.1. The van der Waals surface area contributed by atoms with Crippen LogP contribution in [0, 0.1) is 5.92 Å². The number of benzene rings is 1. The zero-order valence-electron chi connectivity index (χ0n) is 16.4. The van der Waals surface area contributed by atoms with Gasteiger partial charge in [0.2, 0.25) is 11.8 Å². The Balaban J connectivity index is 1.16. The van der Waals surface area contributed by atoms with Gasteiger partial charge >= 0.3 is 0 Å². The number of para-hydroxylation sites is 1. The predicted octanol–water partition coefficient (Wildman–Crippen LogP) is 3.87. The number of aryl methyl sites for hydroxylation is 1. The van der Waals surface area contributed by atoms with Gasteiger partial charge in [0, 0.05) is 38.5 Å². The van der Waals surface area contributed by atoms with Gasteiger partial charge in [-0.15, -0.1) is 11.3 Å². The standard InChI is InChI=1S/C22H29N3O2S/c26-21(10-4-3-9-20-23-18-7-1-2-8-19(18)28-20)24-15-11-17(12-16-24)22(27)25-13-5-6-14-25/h1-2,7-8,17H,3-6,9-16H2. The first-order valence-electron chi connectivity index (χ1n) is 10.6. The molecule has 1 aromatic carbocycles. The predicted molar refractivity (Wildman–Crippen MR) is 112 cm³/mol. The van der Waals surface area contributed by atoms with Crippen LogP contribution in [0.5, 0.6) is 0 Å². The van der Waals surface area contributed by atoms with Crippen LogP contribution in [0.1, 0.15) is 50.0 Å². The van der Waals surface area contributed by atoms with E-state index in [2.05, 4.69) is 17.1 Å². The van der Waals surface area contributed by atoms with Gasteiger partial charge < -0.3 is 9.80 Å². The van der Waals surface area contributed by atoms with Gasteiger partial charge in [-0.1, -0.05) is 12.1 Å². The molecule has 2 amide bonds. The van der Waals surface area contributed by atoms with Crippen LogP contribution in [-0.2, 0) is 16.0 Å². The molecule has 0 radical (unpaired) electrons. The maximum absolute atomic E-state index is 12.5. The van der Waals surface area contributed by atoms with E-state index in [1.807, 2.05) is 21.9 Å². The van der Waals surface area contributed by atoms with Crippen molar-refractivity contribution in [3.63, 3.8) is 0 Å². The Hall–Kier alpha value is -1.95. The Bertz CT molecular complexity index is 787. The molecule has 3 heterocycles.